The van der Waals surface area contributed by atoms with Gasteiger partial charge in [0.1, 0.15) is 0 Å². The lowest BCUT2D eigenvalue weighted by molar-refractivity contribution is 0.350. The summed E-state index contributed by atoms with van der Waals surface area (Å²) in [5.74, 6) is 0. The first-order chi connectivity index (χ1) is 3.98. The predicted octanol–water partition coefficient (Wildman–Crippen LogP) is -0.513. The fourth-order valence-corrected chi connectivity index (χ4v) is 1.43. The molecular formula is CH7NO5P2. The van der Waals surface area contributed by atoms with Crippen molar-refractivity contribution < 1.29 is 23.2 Å². The molecule has 0 aliphatic heterocycles. The van der Waals surface area contributed by atoms with E-state index in [-0.39, 0.29) is 0 Å². The third-order valence-corrected chi connectivity index (χ3v) is 2.68. The standard InChI is InChI=1S/CH7NO5P2/c2-1-9(5,6)7-8(3)4/h8H,1-2H2,(H,3,4)(H,5,6). The SMILES string of the molecule is NCP(=O)(O)O[PH](=O)O. The topological polar surface area (TPSA) is 110 Å². The van der Waals surface area contributed by atoms with E-state index < -0.39 is 22.1 Å². The van der Waals surface area contributed by atoms with Gasteiger partial charge >= 0.3 is 15.9 Å². The van der Waals surface area contributed by atoms with Gasteiger partial charge in [-0.25, -0.2) is 4.31 Å². The summed E-state index contributed by atoms with van der Waals surface area (Å²) < 4.78 is 23.7. The van der Waals surface area contributed by atoms with Gasteiger partial charge in [-0.3, -0.25) is 9.13 Å². The van der Waals surface area contributed by atoms with Crippen LogP contribution in [0.25, 0.3) is 0 Å². The normalized spacial score (nSPS) is 20.8. The minimum Gasteiger partial charge on any atom is -0.326 e. The van der Waals surface area contributed by atoms with Gasteiger partial charge in [-0.15, -0.1) is 0 Å². The molecule has 0 spiro atoms. The van der Waals surface area contributed by atoms with Crippen molar-refractivity contribution in [3.05, 3.63) is 0 Å². The number of hydrogen-bond donors (Lipinski definition) is 3. The molecule has 0 rings (SSSR count). The molecule has 0 saturated carbocycles. The van der Waals surface area contributed by atoms with Crippen molar-refractivity contribution in [3.63, 3.8) is 0 Å². The molecule has 0 saturated heterocycles. The van der Waals surface area contributed by atoms with E-state index in [1.165, 1.54) is 0 Å². The van der Waals surface area contributed by atoms with Gasteiger partial charge in [-0.2, -0.15) is 0 Å². The van der Waals surface area contributed by atoms with Crippen LogP contribution >= 0.6 is 15.9 Å². The first-order valence-corrected chi connectivity index (χ1v) is 4.95. The smallest absolute Gasteiger partial charge is 0.326 e. The highest BCUT2D eigenvalue weighted by Crippen LogP contribution is 2.47. The summed E-state index contributed by atoms with van der Waals surface area (Å²) in [5, 5.41) is 0. The second-order valence-corrected chi connectivity index (χ2v) is 4.08. The maximum atomic E-state index is 10.3. The van der Waals surface area contributed by atoms with Crippen molar-refractivity contribution in [2.75, 3.05) is 6.29 Å². The molecule has 2 unspecified atom stereocenters. The van der Waals surface area contributed by atoms with Crippen LogP contribution in [0.4, 0.5) is 0 Å². The summed E-state index contributed by atoms with van der Waals surface area (Å²) in [7, 11) is -7.32. The second kappa shape index (κ2) is 3.46. The molecule has 0 fully saturated rings. The number of rotatable bonds is 3. The molecule has 0 amide bonds. The Labute approximate surface area is 52.1 Å². The molecule has 2 atom stereocenters. The van der Waals surface area contributed by atoms with E-state index >= 15 is 0 Å². The molecule has 8 heteroatoms. The second-order valence-electron chi connectivity index (χ2n) is 1.18. The Morgan fingerprint density at radius 2 is 2.22 bits per heavy atom. The molecule has 0 aliphatic carbocycles. The molecule has 56 valence electrons. The van der Waals surface area contributed by atoms with Crippen LogP contribution in [0.2, 0.25) is 0 Å². The van der Waals surface area contributed by atoms with E-state index in [2.05, 4.69) is 10.0 Å². The zero-order valence-electron chi connectivity index (χ0n) is 4.35. The molecule has 0 aromatic carbocycles. The van der Waals surface area contributed by atoms with Crippen LogP contribution in [0.15, 0.2) is 0 Å². The Kier molecular flexibility index (Phi) is 3.58. The van der Waals surface area contributed by atoms with Gasteiger partial charge in [0.15, 0.2) is 0 Å². The van der Waals surface area contributed by atoms with Gasteiger partial charge in [0.05, 0.1) is 6.29 Å². The third-order valence-electron chi connectivity index (χ3n) is 0.451. The van der Waals surface area contributed by atoms with Crippen LogP contribution in [0.3, 0.4) is 0 Å². The molecule has 0 aromatic rings. The maximum absolute atomic E-state index is 10.3. The summed E-state index contributed by atoms with van der Waals surface area (Å²) in [6.07, 6.45) is -0.649. The predicted molar refractivity (Wildman–Crippen MR) is 31.2 cm³/mol. The average molecular weight is 175 g/mol. The number of hydrogen-bond acceptors (Lipinski definition) is 4. The van der Waals surface area contributed by atoms with Gasteiger partial charge in [-0.1, -0.05) is 0 Å². The minimum absolute atomic E-state index is 0.649. The van der Waals surface area contributed by atoms with Crippen molar-refractivity contribution in [1.82, 2.24) is 0 Å². The lowest BCUT2D eigenvalue weighted by atomic mass is 11.6. The van der Waals surface area contributed by atoms with E-state index in [4.69, 9.17) is 9.79 Å². The molecule has 9 heavy (non-hydrogen) atoms. The lowest BCUT2D eigenvalue weighted by Gasteiger charge is -2.04. The molecule has 0 radical (unpaired) electrons. The summed E-state index contributed by atoms with van der Waals surface area (Å²) >= 11 is 0. The monoisotopic (exact) mass is 175 g/mol. The highest BCUT2D eigenvalue weighted by atomic mass is 31.2. The van der Waals surface area contributed by atoms with Gasteiger partial charge in [0.2, 0.25) is 0 Å². The van der Waals surface area contributed by atoms with Crippen molar-refractivity contribution in [2.24, 2.45) is 5.73 Å². The van der Waals surface area contributed by atoms with E-state index in [9.17, 15) is 9.13 Å². The van der Waals surface area contributed by atoms with Crippen LogP contribution < -0.4 is 5.73 Å². The molecule has 0 heterocycles. The summed E-state index contributed by atoms with van der Waals surface area (Å²) in [6, 6.07) is 0. The van der Waals surface area contributed by atoms with Crippen molar-refractivity contribution >= 4 is 15.9 Å². The number of nitrogens with two attached hydrogens (primary N) is 1. The Morgan fingerprint density at radius 3 is 2.33 bits per heavy atom. The summed E-state index contributed by atoms with van der Waals surface area (Å²) in [5.41, 5.74) is 4.68. The zero-order chi connectivity index (χ0) is 7.49. The molecular weight excluding hydrogens is 168 g/mol. The average Bonchev–Trinajstić information content (AvgIpc) is 1.63. The molecule has 4 N–H and O–H groups in total. The zero-order valence-corrected chi connectivity index (χ0v) is 6.25. The van der Waals surface area contributed by atoms with Crippen LogP contribution in [-0.2, 0) is 13.4 Å². The molecule has 0 aliphatic rings. The fraction of sp³-hybridized carbons (Fsp3) is 1.00. The first kappa shape index (κ1) is 9.30. The fourth-order valence-electron chi connectivity index (χ4n) is 0.159. The minimum atomic E-state index is -3.97. The van der Waals surface area contributed by atoms with E-state index in [1.807, 2.05) is 0 Å². The van der Waals surface area contributed by atoms with Crippen molar-refractivity contribution in [1.29, 1.82) is 0 Å². The third kappa shape index (κ3) is 4.78. The van der Waals surface area contributed by atoms with Gasteiger partial charge in [0.25, 0.3) is 0 Å². The molecule has 6 nitrogen and oxygen atoms in total. The van der Waals surface area contributed by atoms with E-state index in [0.717, 1.165) is 0 Å². The van der Waals surface area contributed by atoms with Gasteiger partial charge < -0.3 is 15.5 Å². The highest BCUT2D eigenvalue weighted by Gasteiger charge is 2.18. The largest absolute Gasteiger partial charge is 0.348 e. The van der Waals surface area contributed by atoms with E-state index in [1.54, 1.807) is 0 Å². The Bertz CT molecular complexity index is 155. The first-order valence-electron chi connectivity index (χ1n) is 1.92. The highest BCUT2D eigenvalue weighted by molar-refractivity contribution is 7.59. The van der Waals surface area contributed by atoms with Crippen LogP contribution in [0.1, 0.15) is 0 Å². The van der Waals surface area contributed by atoms with Gasteiger partial charge in [0, 0.05) is 0 Å². The maximum Gasteiger partial charge on any atom is 0.348 e. The van der Waals surface area contributed by atoms with Crippen molar-refractivity contribution in [3.8, 4) is 0 Å². The summed E-state index contributed by atoms with van der Waals surface area (Å²) in [6.45, 7) is 0. The van der Waals surface area contributed by atoms with Crippen molar-refractivity contribution in [2.45, 2.75) is 0 Å². The Morgan fingerprint density at radius 1 is 1.78 bits per heavy atom. The van der Waals surface area contributed by atoms with E-state index in [0.29, 0.717) is 0 Å². The van der Waals surface area contributed by atoms with Crippen LogP contribution in [-0.4, -0.2) is 16.1 Å². The summed E-state index contributed by atoms with van der Waals surface area (Å²) in [4.78, 5) is 16.3. The molecule has 0 bridgehead atoms. The van der Waals surface area contributed by atoms with Crippen LogP contribution in [0.5, 0.6) is 0 Å². The molecule has 0 aromatic heterocycles. The Balaban J connectivity index is 3.88. The van der Waals surface area contributed by atoms with Gasteiger partial charge in [-0.05, 0) is 0 Å². The van der Waals surface area contributed by atoms with Crippen LogP contribution in [0, 0.1) is 0 Å². The lowest BCUT2D eigenvalue weighted by Crippen LogP contribution is -1.99. The quantitative estimate of drug-likeness (QED) is 0.498. The Hall–Kier alpha value is 0.300.